The Labute approximate surface area is 308 Å². The van der Waals surface area contributed by atoms with Gasteiger partial charge in [-0.05, 0) is 88.2 Å². The molecule has 0 fully saturated rings. The molecule has 1 atom stereocenters. The Morgan fingerprint density at radius 1 is 0.434 bits per heavy atom. The van der Waals surface area contributed by atoms with Gasteiger partial charge in [-0.2, -0.15) is 0 Å². The number of hydrogen-bond acceptors (Lipinski definition) is 1. The van der Waals surface area contributed by atoms with Gasteiger partial charge < -0.3 is 8.98 Å². The zero-order valence-electron chi connectivity index (χ0n) is 29.2. The van der Waals surface area contributed by atoms with Gasteiger partial charge in [0.15, 0.2) is 0 Å². The fourth-order valence-corrected chi connectivity index (χ4v) is 9.04. The van der Waals surface area contributed by atoms with Crippen molar-refractivity contribution in [1.82, 2.24) is 4.57 Å². The highest BCUT2D eigenvalue weighted by Crippen LogP contribution is 2.46. The van der Waals surface area contributed by atoms with Crippen molar-refractivity contribution in [2.45, 2.75) is 18.8 Å². The van der Waals surface area contributed by atoms with Gasteiger partial charge in [-0.15, -0.1) is 0 Å². The lowest BCUT2D eigenvalue weighted by Crippen LogP contribution is -2.03. The van der Waals surface area contributed by atoms with Crippen LogP contribution in [0.25, 0.3) is 82.8 Å². The van der Waals surface area contributed by atoms with Crippen molar-refractivity contribution >= 4 is 43.7 Å². The molecule has 10 aromatic rings. The molecule has 1 aliphatic carbocycles. The van der Waals surface area contributed by atoms with Crippen LogP contribution < -0.4 is 0 Å². The number of nitrogens with zero attached hydrogens (tertiary/aromatic N) is 1. The lowest BCUT2D eigenvalue weighted by Gasteiger charge is -2.20. The summed E-state index contributed by atoms with van der Waals surface area (Å²) in [6, 6.07) is 66.6. The fraction of sp³-hybridized carbons (Fsp3) is 0.0588. The summed E-state index contributed by atoms with van der Waals surface area (Å²) < 4.78 is 9.04. The highest BCUT2D eigenvalue weighted by molar-refractivity contribution is 6.11. The molecule has 0 aliphatic heterocycles. The van der Waals surface area contributed by atoms with Gasteiger partial charge in [0.1, 0.15) is 11.2 Å². The van der Waals surface area contributed by atoms with Crippen molar-refractivity contribution in [2.75, 3.05) is 0 Å². The van der Waals surface area contributed by atoms with E-state index < -0.39 is 0 Å². The molecule has 1 aliphatic rings. The van der Waals surface area contributed by atoms with E-state index in [1.807, 2.05) is 0 Å². The van der Waals surface area contributed by atoms with E-state index in [2.05, 4.69) is 187 Å². The van der Waals surface area contributed by atoms with E-state index in [-0.39, 0.29) is 5.92 Å². The number of rotatable bonds is 4. The molecule has 0 N–H and O–H groups in total. The first kappa shape index (κ1) is 30.0. The summed E-state index contributed by atoms with van der Waals surface area (Å²) in [5, 5.41) is 4.88. The molecule has 0 bridgehead atoms. The molecule has 11 rings (SSSR count). The van der Waals surface area contributed by atoms with Crippen LogP contribution in [0.4, 0.5) is 0 Å². The van der Waals surface area contributed by atoms with E-state index in [0.717, 1.165) is 24.0 Å². The first-order chi connectivity index (χ1) is 26.3. The van der Waals surface area contributed by atoms with Gasteiger partial charge in [0.2, 0.25) is 0 Å². The van der Waals surface area contributed by atoms with E-state index in [1.165, 1.54) is 88.3 Å². The second kappa shape index (κ2) is 12.0. The minimum atomic E-state index is 0.209. The molecule has 0 saturated carbocycles. The van der Waals surface area contributed by atoms with Crippen molar-refractivity contribution in [3.05, 3.63) is 199 Å². The van der Waals surface area contributed by atoms with Crippen LogP contribution in [0.2, 0.25) is 0 Å². The average Bonchev–Trinajstić information content (AvgIpc) is 3.72. The predicted molar refractivity (Wildman–Crippen MR) is 221 cm³/mol. The van der Waals surface area contributed by atoms with E-state index in [0.29, 0.717) is 0 Å². The summed E-state index contributed by atoms with van der Waals surface area (Å²) >= 11 is 0. The molecular weight excluding hydrogens is 643 g/mol. The van der Waals surface area contributed by atoms with E-state index >= 15 is 0 Å². The van der Waals surface area contributed by atoms with Crippen LogP contribution in [0.15, 0.2) is 186 Å². The zero-order chi connectivity index (χ0) is 34.9. The van der Waals surface area contributed by atoms with Crippen molar-refractivity contribution in [3.8, 4) is 39.1 Å². The summed E-state index contributed by atoms with van der Waals surface area (Å²) in [6.07, 6.45) is 2.03. The number of fused-ring (bicyclic) bond motifs is 9. The lowest BCUT2D eigenvalue weighted by molar-refractivity contribution is 0.647. The van der Waals surface area contributed by atoms with Crippen LogP contribution in [0.5, 0.6) is 0 Å². The summed E-state index contributed by atoms with van der Waals surface area (Å²) in [4.78, 5) is 0. The Balaban J connectivity index is 1.09. The van der Waals surface area contributed by atoms with Gasteiger partial charge in [0, 0.05) is 38.6 Å². The monoisotopic (exact) mass is 677 g/mol. The Morgan fingerprint density at radius 3 is 2.06 bits per heavy atom. The minimum absolute atomic E-state index is 0.209. The molecule has 0 saturated heterocycles. The summed E-state index contributed by atoms with van der Waals surface area (Å²) in [5.74, 6) is 0.209. The molecule has 2 heterocycles. The molecule has 0 amide bonds. The topological polar surface area (TPSA) is 18.1 Å². The molecule has 2 nitrogen and oxygen atoms in total. The van der Waals surface area contributed by atoms with E-state index in [9.17, 15) is 0 Å². The number of aryl methyl sites for hydroxylation is 1. The van der Waals surface area contributed by atoms with Crippen molar-refractivity contribution in [2.24, 2.45) is 0 Å². The molecule has 2 aromatic heterocycles. The van der Waals surface area contributed by atoms with Crippen LogP contribution in [0.1, 0.15) is 29.0 Å². The largest absolute Gasteiger partial charge is 0.456 e. The minimum Gasteiger partial charge on any atom is -0.456 e. The molecule has 2 heteroatoms. The standard InChI is InChI=1S/C51H35NO/c1-2-13-33(14-3-1)38-17-6-9-22-47(38)52-48-23-10-7-18-41(48)46-32-36(27-30-49(46)52)35-26-29-40-39(28-25-34-15-4-5-16-37(34)45(40)31-35)43-20-12-21-44-42-19-8-11-24-50(42)53-51(43)44/h1-24,26-27,29-32,39H,25,28H2. The number of para-hydroxylation sites is 4. The van der Waals surface area contributed by atoms with Gasteiger partial charge in [0.25, 0.3) is 0 Å². The molecule has 0 spiro atoms. The molecule has 0 radical (unpaired) electrons. The van der Waals surface area contributed by atoms with Gasteiger partial charge in [-0.3, -0.25) is 0 Å². The Kier molecular flexibility index (Phi) is 6.78. The van der Waals surface area contributed by atoms with E-state index in [1.54, 1.807) is 0 Å². The Morgan fingerprint density at radius 2 is 1.13 bits per heavy atom. The van der Waals surface area contributed by atoms with Gasteiger partial charge in [-0.25, -0.2) is 0 Å². The first-order valence-corrected chi connectivity index (χ1v) is 18.6. The maximum absolute atomic E-state index is 6.60. The van der Waals surface area contributed by atoms with Gasteiger partial charge >= 0.3 is 0 Å². The molecule has 8 aromatic carbocycles. The summed E-state index contributed by atoms with van der Waals surface area (Å²) in [7, 11) is 0. The summed E-state index contributed by atoms with van der Waals surface area (Å²) in [6.45, 7) is 0. The average molecular weight is 678 g/mol. The third-order valence-corrected chi connectivity index (χ3v) is 11.5. The maximum Gasteiger partial charge on any atom is 0.139 e. The molecular formula is C51H35NO. The first-order valence-electron chi connectivity index (χ1n) is 18.6. The molecule has 53 heavy (non-hydrogen) atoms. The van der Waals surface area contributed by atoms with Crippen molar-refractivity contribution in [3.63, 3.8) is 0 Å². The van der Waals surface area contributed by atoms with Crippen LogP contribution >= 0.6 is 0 Å². The number of aromatic nitrogens is 1. The number of benzene rings is 8. The van der Waals surface area contributed by atoms with Gasteiger partial charge in [-0.1, -0.05) is 146 Å². The Bertz CT molecular complexity index is 3020. The smallest absolute Gasteiger partial charge is 0.139 e. The van der Waals surface area contributed by atoms with Crippen LogP contribution in [0.3, 0.4) is 0 Å². The second-order valence-corrected chi connectivity index (χ2v) is 14.3. The van der Waals surface area contributed by atoms with Crippen LogP contribution in [0, 0.1) is 0 Å². The quantitative estimate of drug-likeness (QED) is 0.181. The van der Waals surface area contributed by atoms with Crippen molar-refractivity contribution < 1.29 is 4.42 Å². The third kappa shape index (κ3) is 4.72. The number of hydrogen-bond donors (Lipinski definition) is 0. The highest BCUT2D eigenvalue weighted by Gasteiger charge is 2.27. The Hall–Kier alpha value is -6.64. The van der Waals surface area contributed by atoms with Crippen LogP contribution in [-0.2, 0) is 6.42 Å². The maximum atomic E-state index is 6.60. The molecule has 250 valence electrons. The van der Waals surface area contributed by atoms with Gasteiger partial charge in [0.05, 0.1) is 16.7 Å². The number of furan rings is 1. The van der Waals surface area contributed by atoms with Crippen LogP contribution in [-0.4, -0.2) is 4.57 Å². The fourth-order valence-electron chi connectivity index (χ4n) is 9.04. The summed E-state index contributed by atoms with van der Waals surface area (Å²) in [5.41, 5.74) is 17.1. The SMILES string of the molecule is c1ccc(-c2ccccc2-n2c3ccccc3c3cc(-c4ccc5c(c4)-c4ccccc4CCC5c4cccc5c4oc4ccccc45)ccc32)cc1. The highest BCUT2D eigenvalue weighted by atomic mass is 16.3. The third-order valence-electron chi connectivity index (χ3n) is 11.5. The lowest BCUT2D eigenvalue weighted by atomic mass is 9.84. The van der Waals surface area contributed by atoms with Crippen molar-refractivity contribution in [1.29, 1.82) is 0 Å². The molecule has 1 unspecified atom stereocenters. The second-order valence-electron chi connectivity index (χ2n) is 14.3. The normalized spacial score (nSPS) is 14.1. The van der Waals surface area contributed by atoms with E-state index in [4.69, 9.17) is 4.42 Å². The zero-order valence-corrected chi connectivity index (χ0v) is 29.2. The predicted octanol–water partition coefficient (Wildman–Crippen LogP) is 13.8.